The van der Waals surface area contributed by atoms with Crippen LogP contribution in [0.1, 0.15) is 11.1 Å². The molecule has 0 aliphatic heterocycles. The lowest BCUT2D eigenvalue weighted by Crippen LogP contribution is -2.26. The van der Waals surface area contributed by atoms with Crippen molar-refractivity contribution in [3.05, 3.63) is 65.7 Å². The van der Waals surface area contributed by atoms with E-state index in [9.17, 15) is 8.42 Å². The Morgan fingerprint density at radius 1 is 1.05 bits per heavy atom. The summed E-state index contributed by atoms with van der Waals surface area (Å²) in [5.74, 6) is -0.273. The van der Waals surface area contributed by atoms with E-state index in [1.807, 2.05) is 30.3 Å². The van der Waals surface area contributed by atoms with E-state index in [-0.39, 0.29) is 22.8 Å². The average Bonchev–Trinajstić information content (AvgIpc) is 2.46. The fourth-order valence-electron chi connectivity index (χ4n) is 1.78. The lowest BCUT2D eigenvalue weighted by molar-refractivity contribution is 0.581. The van der Waals surface area contributed by atoms with Gasteiger partial charge in [-0.1, -0.05) is 42.5 Å². The Balaban J connectivity index is 2.25. The molecular weight excluding hydrogens is 274 g/mol. The van der Waals surface area contributed by atoms with Gasteiger partial charge in [0, 0.05) is 12.1 Å². The van der Waals surface area contributed by atoms with Crippen LogP contribution in [0.4, 0.5) is 0 Å². The quantitative estimate of drug-likeness (QED) is 0.574. The maximum Gasteiger partial charge on any atom is 0.241 e. The van der Waals surface area contributed by atoms with Crippen LogP contribution in [0.25, 0.3) is 0 Å². The van der Waals surface area contributed by atoms with Gasteiger partial charge in [-0.05, 0) is 17.7 Å². The second kappa shape index (κ2) is 5.85. The highest BCUT2D eigenvalue weighted by Gasteiger charge is 2.18. The van der Waals surface area contributed by atoms with E-state index < -0.39 is 10.0 Å². The van der Waals surface area contributed by atoms with Gasteiger partial charge in [0.15, 0.2) is 0 Å². The van der Waals surface area contributed by atoms with Gasteiger partial charge in [-0.15, -0.1) is 0 Å². The van der Waals surface area contributed by atoms with Gasteiger partial charge in [-0.2, -0.15) is 0 Å². The maximum atomic E-state index is 12.3. The van der Waals surface area contributed by atoms with Crippen molar-refractivity contribution in [3.63, 3.8) is 0 Å². The van der Waals surface area contributed by atoms with Crippen LogP contribution in [0.5, 0.6) is 0 Å². The van der Waals surface area contributed by atoms with Crippen molar-refractivity contribution in [2.75, 3.05) is 0 Å². The van der Waals surface area contributed by atoms with E-state index in [2.05, 4.69) is 4.72 Å². The van der Waals surface area contributed by atoms with Gasteiger partial charge in [0.1, 0.15) is 5.84 Å². The lowest BCUT2D eigenvalue weighted by atomic mass is 10.2. The highest BCUT2D eigenvalue weighted by Crippen LogP contribution is 2.15. The third-order valence-electron chi connectivity index (χ3n) is 2.78. The van der Waals surface area contributed by atoms with Crippen molar-refractivity contribution >= 4 is 15.9 Å². The third kappa shape index (κ3) is 3.23. The van der Waals surface area contributed by atoms with Crippen molar-refractivity contribution in [3.8, 4) is 0 Å². The second-order valence-corrected chi connectivity index (χ2v) is 5.96. The van der Waals surface area contributed by atoms with Crippen LogP contribution >= 0.6 is 0 Å². The predicted molar refractivity (Wildman–Crippen MR) is 77.9 cm³/mol. The summed E-state index contributed by atoms with van der Waals surface area (Å²) in [5, 5.41) is 7.44. The lowest BCUT2D eigenvalue weighted by Gasteiger charge is -2.10. The van der Waals surface area contributed by atoms with Crippen LogP contribution in [-0.4, -0.2) is 14.3 Å². The van der Waals surface area contributed by atoms with Crippen LogP contribution in [0, 0.1) is 5.41 Å². The monoisotopic (exact) mass is 289 g/mol. The minimum absolute atomic E-state index is 0.0171. The number of benzene rings is 2. The number of hydrogen-bond acceptors (Lipinski definition) is 3. The fraction of sp³-hybridized carbons (Fsp3) is 0.0714. The average molecular weight is 289 g/mol. The first-order chi connectivity index (χ1) is 9.50. The van der Waals surface area contributed by atoms with Crippen LogP contribution in [0.3, 0.4) is 0 Å². The van der Waals surface area contributed by atoms with Gasteiger partial charge in [-0.3, -0.25) is 5.41 Å². The molecule has 0 saturated carbocycles. The van der Waals surface area contributed by atoms with Crippen LogP contribution in [0.2, 0.25) is 0 Å². The number of rotatable bonds is 5. The topological polar surface area (TPSA) is 96.0 Å². The molecule has 2 rings (SSSR count). The predicted octanol–water partition coefficient (Wildman–Crippen LogP) is 1.45. The molecule has 0 atom stereocenters. The zero-order chi connectivity index (χ0) is 14.6. The molecule has 0 aromatic heterocycles. The number of hydrogen-bond donors (Lipinski definition) is 3. The summed E-state index contributed by atoms with van der Waals surface area (Å²) in [5.41, 5.74) is 6.47. The fourth-order valence-corrected chi connectivity index (χ4v) is 3.01. The molecule has 4 N–H and O–H groups in total. The summed E-state index contributed by atoms with van der Waals surface area (Å²) in [6.07, 6.45) is 0. The molecule has 0 bridgehead atoms. The number of sulfonamides is 1. The van der Waals surface area contributed by atoms with E-state index in [1.165, 1.54) is 12.1 Å². The van der Waals surface area contributed by atoms with Crippen LogP contribution in [0.15, 0.2) is 59.5 Å². The Morgan fingerprint density at radius 3 is 2.30 bits per heavy atom. The van der Waals surface area contributed by atoms with Gasteiger partial charge in [0.2, 0.25) is 10.0 Å². The summed E-state index contributed by atoms with van der Waals surface area (Å²) in [7, 11) is -3.70. The molecule has 0 saturated heterocycles. The van der Waals surface area contributed by atoms with E-state index in [0.717, 1.165) is 5.56 Å². The molecule has 20 heavy (non-hydrogen) atoms. The smallest absolute Gasteiger partial charge is 0.241 e. The zero-order valence-electron chi connectivity index (χ0n) is 10.7. The largest absolute Gasteiger partial charge is 0.384 e. The van der Waals surface area contributed by atoms with Gasteiger partial charge in [0.25, 0.3) is 0 Å². The van der Waals surface area contributed by atoms with E-state index >= 15 is 0 Å². The second-order valence-electron chi connectivity index (χ2n) is 4.22. The van der Waals surface area contributed by atoms with Gasteiger partial charge >= 0.3 is 0 Å². The molecule has 0 amide bonds. The third-order valence-corrected chi connectivity index (χ3v) is 4.24. The molecule has 104 valence electrons. The summed E-state index contributed by atoms with van der Waals surface area (Å²) in [6, 6.07) is 15.4. The van der Waals surface area contributed by atoms with E-state index in [4.69, 9.17) is 11.1 Å². The normalized spacial score (nSPS) is 11.2. The first kappa shape index (κ1) is 14.2. The van der Waals surface area contributed by atoms with Gasteiger partial charge in [-0.25, -0.2) is 13.1 Å². The molecule has 6 heteroatoms. The van der Waals surface area contributed by atoms with Gasteiger partial charge in [0.05, 0.1) is 4.90 Å². The molecule has 2 aromatic rings. The molecule has 0 aliphatic rings. The minimum atomic E-state index is -3.70. The number of nitrogens with one attached hydrogen (secondary N) is 2. The Labute approximate surface area is 118 Å². The summed E-state index contributed by atoms with van der Waals surface area (Å²) < 4.78 is 27.0. The zero-order valence-corrected chi connectivity index (χ0v) is 11.5. The first-order valence-corrected chi connectivity index (χ1v) is 7.46. The van der Waals surface area contributed by atoms with Crippen molar-refractivity contribution in [1.82, 2.24) is 4.72 Å². The molecule has 5 nitrogen and oxygen atoms in total. The Kier molecular flexibility index (Phi) is 4.16. The minimum Gasteiger partial charge on any atom is -0.384 e. The van der Waals surface area contributed by atoms with Gasteiger partial charge < -0.3 is 5.73 Å². The molecule has 2 aromatic carbocycles. The Bertz CT molecular complexity index is 712. The maximum absolute atomic E-state index is 12.3. The Hall–Kier alpha value is -2.18. The SMILES string of the molecule is N=C(N)c1ccccc1S(=O)(=O)NCc1ccccc1. The van der Waals surface area contributed by atoms with Crippen molar-refractivity contribution in [2.24, 2.45) is 5.73 Å². The summed E-state index contributed by atoms with van der Waals surface area (Å²) in [6.45, 7) is 0.190. The standard InChI is InChI=1S/C14H15N3O2S/c15-14(16)12-8-4-5-9-13(12)20(18,19)17-10-11-6-2-1-3-7-11/h1-9,17H,10H2,(H3,15,16). The van der Waals surface area contributed by atoms with E-state index in [0.29, 0.717) is 0 Å². The molecular formula is C14H15N3O2S. The van der Waals surface area contributed by atoms with Crippen molar-refractivity contribution < 1.29 is 8.42 Å². The van der Waals surface area contributed by atoms with Crippen LogP contribution < -0.4 is 10.5 Å². The highest BCUT2D eigenvalue weighted by molar-refractivity contribution is 7.89. The van der Waals surface area contributed by atoms with Crippen molar-refractivity contribution in [2.45, 2.75) is 11.4 Å². The Morgan fingerprint density at radius 2 is 1.65 bits per heavy atom. The van der Waals surface area contributed by atoms with Crippen molar-refractivity contribution in [1.29, 1.82) is 5.41 Å². The molecule has 0 radical (unpaired) electrons. The first-order valence-electron chi connectivity index (χ1n) is 5.98. The molecule has 0 unspecified atom stereocenters. The number of amidine groups is 1. The summed E-state index contributed by atoms with van der Waals surface area (Å²) >= 11 is 0. The molecule has 0 aliphatic carbocycles. The molecule has 0 spiro atoms. The number of nitrogen functional groups attached to an aromatic ring is 1. The van der Waals surface area contributed by atoms with E-state index in [1.54, 1.807) is 12.1 Å². The van der Waals surface area contributed by atoms with Crippen LogP contribution in [-0.2, 0) is 16.6 Å². The molecule has 0 fully saturated rings. The highest BCUT2D eigenvalue weighted by atomic mass is 32.2. The number of nitrogens with two attached hydrogens (primary N) is 1. The summed E-state index contributed by atoms with van der Waals surface area (Å²) in [4.78, 5) is 0.0171. The molecule has 0 heterocycles.